The van der Waals surface area contributed by atoms with E-state index in [0.717, 1.165) is 44.0 Å². The second kappa shape index (κ2) is 10.6. The molecule has 2 aliphatic heterocycles. The van der Waals surface area contributed by atoms with Crippen molar-refractivity contribution < 1.29 is 24.0 Å². The minimum Gasteiger partial charge on any atom is -0.379 e. The number of nitrogens with zero attached hydrogens (tertiary/aromatic N) is 2. The van der Waals surface area contributed by atoms with E-state index < -0.39 is 0 Å². The number of nitrogens with one attached hydrogen (secondary N) is 1. The van der Waals surface area contributed by atoms with E-state index in [1.165, 1.54) is 5.06 Å². The second-order valence-corrected chi connectivity index (χ2v) is 9.28. The molecule has 0 radical (unpaired) electrons. The van der Waals surface area contributed by atoms with Crippen LogP contribution in [0.4, 0.5) is 0 Å². The highest BCUT2D eigenvalue weighted by atomic mass is 16.7. The van der Waals surface area contributed by atoms with Crippen molar-refractivity contribution in [3.8, 4) is 0 Å². The number of likely N-dealkylation sites (N-methyl/N-ethyl adjacent to an activating group) is 2. The number of Topliss-reactive ketones (excluding diaryl/α,β-unsaturated/α-hetero) is 2. The molecule has 1 aliphatic carbocycles. The molecule has 35 heavy (non-hydrogen) atoms. The van der Waals surface area contributed by atoms with Crippen molar-refractivity contribution in [3.63, 3.8) is 0 Å². The molecule has 0 spiro atoms. The van der Waals surface area contributed by atoms with Crippen LogP contribution in [0.3, 0.4) is 0 Å². The monoisotopic (exact) mass is 479 g/mol. The van der Waals surface area contributed by atoms with Crippen LogP contribution in [0.1, 0.15) is 38.3 Å². The smallest absolute Gasteiger partial charge is 0.271 e. The number of rotatable bonds is 6. The van der Waals surface area contributed by atoms with Crippen molar-refractivity contribution in [2.24, 2.45) is 5.92 Å². The van der Waals surface area contributed by atoms with Crippen molar-refractivity contribution in [3.05, 3.63) is 64.1 Å². The summed E-state index contributed by atoms with van der Waals surface area (Å²) < 4.78 is 5.43. The maximum absolute atomic E-state index is 13.0. The van der Waals surface area contributed by atoms with Crippen LogP contribution in [0.25, 0.3) is 5.57 Å². The van der Waals surface area contributed by atoms with Crippen molar-refractivity contribution in [1.82, 2.24) is 15.3 Å². The lowest BCUT2D eigenvalue weighted by molar-refractivity contribution is -0.124. The standard InChI is InChI=1S/C27H33N3O5/c1-5-28-27(33)25-24(19-8-6-18(7-9-19)16-30-10-12-34-13-11-30)26(35-29(25)4)21-14-20(17(2)3)22(31)15-23(21)32/h6-9,14,17H,5,10-13,15-16H2,1-4H3,(H,28,33)/b26-21-. The van der Waals surface area contributed by atoms with Gasteiger partial charge in [0.2, 0.25) is 0 Å². The number of benzene rings is 1. The minimum absolute atomic E-state index is 0.0277. The average Bonchev–Trinajstić information content (AvgIpc) is 3.17. The Bertz CT molecular complexity index is 1110. The summed E-state index contributed by atoms with van der Waals surface area (Å²) in [7, 11) is 1.65. The number of ketones is 2. The maximum Gasteiger partial charge on any atom is 0.271 e. The largest absolute Gasteiger partial charge is 0.379 e. The molecule has 2 heterocycles. The fourth-order valence-electron chi connectivity index (χ4n) is 4.58. The molecule has 0 unspecified atom stereocenters. The highest BCUT2D eigenvalue weighted by Gasteiger charge is 2.37. The van der Waals surface area contributed by atoms with Crippen LogP contribution < -0.4 is 5.32 Å². The highest BCUT2D eigenvalue weighted by Crippen LogP contribution is 2.40. The van der Waals surface area contributed by atoms with Gasteiger partial charge in [0.25, 0.3) is 5.91 Å². The molecule has 1 amide bonds. The first-order valence-electron chi connectivity index (χ1n) is 12.2. The average molecular weight is 480 g/mol. The maximum atomic E-state index is 13.0. The van der Waals surface area contributed by atoms with Gasteiger partial charge in [0.05, 0.1) is 30.8 Å². The Labute approximate surface area is 206 Å². The molecule has 8 nitrogen and oxygen atoms in total. The highest BCUT2D eigenvalue weighted by molar-refractivity contribution is 6.20. The summed E-state index contributed by atoms with van der Waals surface area (Å²) in [5, 5.41) is 4.24. The second-order valence-electron chi connectivity index (χ2n) is 9.28. The molecule has 1 N–H and O–H groups in total. The summed E-state index contributed by atoms with van der Waals surface area (Å²) >= 11 is 0. The number of carbonyl (C=O) groups is 3. The number of hydrogen-bond donors (Lipinski definition) is 1. The normalized spacial score (nSPS) is 21.5. The summed E-state index contributed by atoms with van der Waals surface area (Å²) in [6.07, 6.45) is 1.44. The van der Waals surface area contributed by atoms with E-state index >= 15 is 0 Å². The van der Waals surface area contributed by atoms with Gasteiger partial charge in [0.1, 0.15) is 0 Å². The zero-order valence-electron chi connectivity index (χ0n) is 20.8. The number of allylic oxidation sites excluding steroid dienone is 4. The van der Waals surface area contributed by atoms with Gasteiger partial charge in [-0.05, 0) is 35.6 Å². The van der Waals surface area contributed by atoms with Crippen LogP contribution in [-0.4, -0.2) is 67.3 Å². The molecule has 0 saturated carbocycles. The van der Waals surface area contributed by atoms with Crippen molar-refractivity contribution in [2.45, 2.75) is 33.7 Å². The van der Waals surface area contributed by atoms with E-state index in [1.54, 1.807) is 13.1 Å². The molecule has 0 bridgehead atoms. The zero-order chi connectivity index (χ0) is 25.1. The van der Waals surface area contributed by atoms with E-state index in [2.05, 4.69) is 10.2 Å². The molecular formula is C27H33N3O5. The lowest BCUT2D eigenvalue weighted by Crippen LogP contribution is -2.35. The number of hydroxylamine groups is 2. The Morgan fingerprint density at radius 2 is 1.77 bits per heavy atom. The topological polar surface area (TPSA) is 88.2 Å². The number of hydrogen-bond acceptors (Lipinski definition) is 7. The summed E-state index contributed by atoms with van der Waals surface area (Å²) in [6.45, 7) is 10.2. The predicted octanol–water partition coefficient (Wildman–Crippen LogP) is 2.62. The fraction of sp³-hybridized carbons (Fsp3) is 0.444. The quantitative estimate of drug-likeness (QED) is 0.496. The van der Waals surface area contributed by atoms with E-state index in [9.17, 15) is 14.4 Å². The summed E-state index contributed by atoms with van der Waals surface area (Å²) in [5.74, 6) is -0.472. The van der Waals surface area contributed by atoms with E-state index in [1.807, 2.05) is 45.0 Å². The van der Waals surface area contributed by atoms with Gasteiger partial charge in [-0.15, -0.1) is 0 Å². The van der Waals surface area contributed by atoms with Gasteiger partial charge in [-0.2, -0.15) is 0 Å². The van der Waals surface area contributed by atoms with Gasteiger partial charge in [0, 0.05) is 33.2 Å². The van der Waals surface area contributed by atoms with Crippen molar-refractivity contribution in [2.75, 3.05) is 39.9 Å². The predicted molar refractivity (Wildman–Crippen MR) is 132 cm³/mol. The summed E-state index contributed by atoms with van der Waals surface area (Å²) in [4.78, 5) is 46.8. The third kappa shape index (κ3) is 5.23. The van der Waals surface area contributed by atoms with Crippen LogP contribution >= 0.6 is 0 Å². The Morgan fingerprint density at radius 3 is 2.40 bits per heavy atom. The molecule has 0 atom stereocenters. The molecule has 1 aromatic carbocycles. The van der Waals surface area contributed by atoms with Crippen LogP contribution in [0.5, 0.6) is 0 Å². The molecule has 4 rings (SSSR count). The first-order chi connectivity index (χ1) is 16.8. The molecule has 8 heteroatoms. The molecular weight excluding hydrogens is 446 g/mol. The van der Waals surface area contributed by atoms with Gasteiger partial charge in [-0.1, -0.05) is 38.1 Å². The minimum atomic E-state index is -0.304. The first kappa shape index (κ1) is 24.9. The van der Waals surface area contributed by atoms with Crippen LogP contribution in [0.2, 0.25) is 0 Å². The number of morpholine rings is 1. The molecule has 1 aromatic rings. The Morgan fingerprint density at radius 1 is 1.09 bits per heavy atom. The Kier molecular flexibility index (Phi) is 7.52. The third-order valence-electron chi connectivity index (χ3n) is 6.42. The van der Waals surface area contributed by atoms with Crippen LogP contribution in [0.15, 0.2) is 52.9 Å². The molecule has 1 fully saturated rings. The van der Waals surface area contributed by atoms with E-state index in [4.69, 9.17) is 9.57 Å². The van der Waals surface area contributed by atoms with Gasteiger partial charge in [-0.3, -0.25) is 19.3 Å². The Hall–Kier alpha value is -3.23. The number of amides is 1. The van der Waals surface area contributed by atoms with Crippen LogP contribution in [0, 0.1) is 5.92 Å². The molecule has 3 aliphatic rings. The molecule has 186 valence electrons. The molecule has 1 saturated heterocycles. The lowest BCUT2D eigenvalue weighted by Gasteiger charge is -2.26. The summed E-state index contributed by atoms with van der Waals surface area (Å²) in [6, 6.07) is 7.99. The fourth-order valence-corrected chi connectivity index (χ4v) is 4.58. The summed E-state index contributed by atoms with van der Waals surface area (Å²) in [5.41, 5.74) is 3.72. The lowest BCUT2D eigenvalue weighted by atomic mass is 9.85. The van der Waals surface area contributed by atoms with Gasteiger partial charge in [-0.25, -0.2) is 5.06 Å². The zero-order valence-corrected chi connectivity index (χ0v) is 20.8. The van der Waals surface area contributed by atoms with Crippen molar-refractivity contribution in [1.29, 1.82) is 0 Å². The van der Waals surface area contributed by atoms with E-state index in [-0.39, 0.29) is 29.8 Å². The van der Waals surface area contributed by atoms with Gasteiger partial charge < -0.3 is 14.9 Å². The Balaban J connectivity index is 1.79. The number of ether oxygens (including phenoxy) is 1. The first-order valence-corrected chi connectivity index (χ1v) is 12.2. The van der Waals surface area contributed by atoms with Crippen LogP contribution in [-0.2, 0) is 30.5 Å². The van der Waals surface area contributed by atoms with Gasteiger partial charge >= 0.3 is 0 Å². The molecule has 0 aromatic heterocycles. The van der Waals surface area contributed by atoms with Gasteiger partial charge in [0.15, 0.2) is 23.0 Å². The third-order valence-corrected chi connectivity index (χ3v) is 6.42. The SMILES string of the molecule is CCNC(=O)C1=C(c2ccc(CN3CCOCC3)cc2)/C(=C2\C=C(C(C)C)C(=O)CC2=O)ON1C. The van der Waals surface area contributed by atoms with E-state index in [0.29, 0.717) is 34.7 Å². The van der Waals surface area contributed by atoms with Crippen molar-refractivity contribution >= 4 is 23.0 Å². The number of carbonyl (C=O) groups excluding carboxylic acids is 3.